The van der Waals surface area contributed by atoms with Crippen molar-refractivity contribution in [3.8, 4) is 0 Å². The number of aromatic nitrogens is 1. The summed E-state index contributed by atoms with van der Waals surface area (Å²) in [5.74, 6) is 0.690. The van der Waals surface area contributed by atoms with Gasteiger partial charge in [-0.2, -0.15) is 0 Å². The summed E-state index contributed by atoms with van der Waals surface area (Å²) in [7, 11) is 0. The van der Waals surface area contributed by atoms with Crippen molar-refractivity contribution in [1.82, 2.24) is 4.98 Å². The number of oxazole rings is 1. The third-order valence-corrected chi connectivity index (χ3v) is 2.49. The highest BCUT2D eigenvalue weighted by Crippen LogP contribution is 2.21. The van der Waals surface area contributed by atoms with Gasteiger partial charge < -0.3 is 10.2 Å². The third kappa shape index (κ3) is 2.58. The lowest BCUT2D eigenvalue weighted by molar-refractivity contribution is 0.433. The molecule has 2 N–H and O–H groups in total. The summed E-state index contributed by atoms with van der Waals surface area (Å²) in [5, 5.41) is 0. The van der Waals surface area contributed by atoms with E-state index in [1.807, 2.05) is 32.0 Å². The molecule has 0 saturated heterocycles. The number of hydrogen-bond acceptors (Lipinski definition) is 3. The number of benzene rings is 1. The van der Waals surface area contributed by atoms with Crippen molar-refractivity contribution in [3.05, 3.63) is 28.6 Å². The van der Waals surface area contributed by atoms with Crippen LogP contribution in [0.25, 0.3) is 11.1 Å². The summed E-state index contributed by atoms with van der Waals surface area (Å²) >= 11 is 3.40. The van der Waals surface area contributed by atoms with Crippen LogP contribution in [0.3, 0.4) is 0 Å². The summed E-state index contributed by atoms with van der Waals surface area (Å²) in [5.41, 5.74) is 7.28. The van der Waals surface area contributed by atoms with E-state index < -0.39 is 0 Å². The fourth-order valence-electron chi connectivity index (χ4n) is 1.41. The van der Waals surface area contributed by atoms with Crippen LogP contribution in [0, 0.1) is 0 Å². The summed E-state index contributed by atoms with van der Waals surface area (Å²) < 4.78 is 6.59. The topological polar surface area (TPSA) is 52.0 Å². The van der Waals surface area contributed by atoms with Crippen LogP contribution in [0.4, 0.5) is 0 Å². The lowest BCUT2D eigenvalue weighted by Crippen LogP contribution is -2.34. The van der Waals surface area contributed by atoms with Crippen LogP contribution in [-0.4, -0.2) is 10.5 Å². The Morgan fingerprint density at radius 1 is 1.47 bits per heavy atom. The van der Waals surface area contributed by atoms with Crippen molar-refractivity contribution in [2.24, 2.45) is 5.73 Å². The van der Waals surface area contributed by atoms with Crippen molar-refractivity contribution >= 4 is 27.0 Å². The van der Waals surface area contributed by atoms with Gasteiger partial charge in [-0.1, -0.05) is 15.9 Å². The molecule has 3 nitrogen and oxygen atoms in total. The molecule has 0 fully saturated rings. The SMILES string of the molecule is CC(C)(N)Cc1nc2cc(Br)ccc2o1. The van der Waals surface area contributed by atoms with E-state index in [2.05, 4.69) is 20.9 Å². The molecule has 0 atom stereocenters. The van der Waals surface area contributed by atoms with E-state index in [1.54, 1.807) is 0 Å². The molecule has 15 heavy (non-hydrogen) atoms. The first-order valence-corrected chi connectivity index (χ1v) is 5.57. The highest BCUT2D eigenvalue weighted by atomic mass is 79.9. The summed E-state index contributed by atoms with van der Waals surface area (Å²) in [6.45, 7) is 3.91. The predicted octanol–water partition coefficient (Wildman–Crippen LogP) is 2.87. The van der Waals surface area contributed by atoms with Gasteiger partial charge in [0.2, 0.25) is 0 Å². The van der Waals surface area contributed by atoms with E-state index in [1.165, 1.54) is 0 Å². The summed E-state index contributed by atoms with van der Waals surface area (Å²) in [6.07, 6.45) is 0.638. The minimum atomic E-state index is -0.294. The molecule has 0 spiro atoms. The molecule has 0 saturated carbocycles. The molecule has 2 aromatic rings. The van der Waals surface area contributed by atoms with Gasteiger partial charge in [-0.25, -0.2) is 4.98 Å². The molecule has 0 aliphatic rings. The number of rotatable bonds is 2. The van der Waals surface area contributed by atoms with E-state index in [-0.39, 0.29) is 5.54 Å². The van der Waals surface area contributed by atoms with Gasteiger partial charge in [0.25, 0.3) is 0 Å². The number of halogens is 1. The maximum Gasteiger partial charge on any atom is 0.197 e. The first-order valence-electron chi connectivity index (χ1n) is 4.78. The summed E-state index contributed by atoms with van der Waals surface area (Å²) in [4.78, 5) is 4.38. The third-order valence-electron chi connectivity index (χ3n) is 2.00. The fraction of sp³-hybridized carbons (Fsp3) is 0.364. The zero-order chi connectivity index (χ0) is 11.1. The van der Waals surface area contributed by atoms with Gasteiger partial charge in [0, 0.05) is 16.4 Å². The van der Waals surface area contributed by atoms with Crippen molar-refractivity contribution < 1.29 is 4.42 Å². The van der Waals surface area contributed by atoms with Gasteiger partial charge in [0.1, 0.15) is 5.52 Å². The Morgan fingerprint density at radius 3 is 2.87 bits per heavy atom. The number of nitrogens with zero attached hydrogens (tertiary/aromatic N) is 1. The first kappa shape index (κ1) is 10.6. The maximum absolute atomic E-state index is 5.91. The maximum atomic E-state index is 5.91. The number of nitrogens with two attached hydrogens (primary N) is 1. The van der Waals surface area contributed by atoms with Gasteiger partial charge in [0.05, 0.1) is 0 Å². The van der Waals surface area contributed by atoms with Crippen LogP contribution < -0.4 is 5.73 Å². The number of hydrogen-bond donors (Lipinski definition) is 1. The van der Waals surface area contributed by atoms with Crippen LogP contribution >= 0.6 is 15.9 Å². The Bertz CT molecular complexity index is 485. The van der Waals surface area contributed by atoms with Gasteiger partial charge in [-0.15, -0.1) is 0 Å². The highest BCUT2D eigenvalue weighted by molar-refractivity contribution is 9.10. The molecule has 0 amide bonds. The molecule has 1 heterocycles. The highest BCUT2D eigenvalue weighted by Gasteiger charge is 2.16. The Labute approximate surface area is 96.8 Å². The molecule has 0 bridgehead atoms. The van der Waals surface area contributed by atoms with E-state index in [0.717, 1.165) is 15.6 Å². The van der Waals surface area contributed by atoms with Crippen LogP contribution in [0.1, 0.15) is 19.7 Å². The molecule has 0 aliphatic heterocycles. The van der Waals surface area contributed by atoms with Crippen LogP contribution in [-0.2, 0) is 6.42 Å². The molecule has 4 heteroatoms. The van der Waals surface area contributed by atoms with E-state index >= 15 is 0 Å². The number of fused-ring (bicyclic) bond motifs is 1. The second-order valence-corrected chi connectivity index (χ2v) is 5.30. The molecule has 1 aromatic heterocycles. The van der Waals surface area contributed by atoms with Crippen LogP contribution in [0.15, 0.2) is 27.1 Å². The Hall–Kier alpha value is -0.870. The average molecular weight is 269 g/mol. The minimum absolute atomic E-state index is 0.294. The van der Waals surface area contributed by atoms with Gasteiger partial charge >= 0.3 is 0 Å². The van der Waals surface area contributed by atoms with Crippen molar-refractivity contribution in [2.75, 3.05) is 0 Å². The smallest absolute Gasteiger partial charge is 0.197 e. The molecular formula is C11H13BrN2O. The van der Waals surface area contributed by atoms with Gasteiger partial charge in [0.15, 0.2) is 11.5 Å². The first-order chi connectivity index (χ1) is 6.94. The zero-order valence-electron chi connectivity index (χ0n) is 8.75. The van der Waals surface area contributed by atoms with E-state index in [4.69, 9.17) is 10.2 Å². The lowest BCUT2D eigenvalue weighted by Gasteiger charge is -2.14. The predicted molar refractivity (Wildman–Crippen MR) is 63.7 cm³/mol. The molecule has 80 valence electrons. The summed E-state index contributed by atoms with van der Waals surface area (Å²) in [6, 6.07) is 5.77. The second-order valence-electron chi connectivity index (χ2n) is 4.39. The van der Waals surface area contributed by atoms with Crippen LogP contribution in [0.2, 0.25) is 0 Å². The minimum Gasteiger partial charge on any atom is -0.441 e. The molecule has 0 radical (unpaired) electrons. The normalized spacial score (nSPS) is 12.3. The zero-order valence-corrected chi connectivity index (χ0v) is 10.3. The Balaban J connectivity index is 2.39. The molecular weight excluding hydrogens is 256 g/mol. The van der Waals surface area contributed by atoms with E-state index in [9.17, 15) is 0 Å². The monoisotopic (exact) mass is 268 g/mol. The average Bonchev–Trinajstić information content (AvgIpc) is 2.42. The Morgan fingerprint density at radius 2 is 2.20 bits per heavy atom. The Kier molecular flexibility index (Phi) is 2.56. The lowest BCUT2D eigenvalue weighted by atomic mass is 10.0. The van der Waals surface area contributed by atoms with Gasteiger partial charge in [-0.05, 0) is 32.0 Å². The molecule has 0 unspecified atom stereocenters. The van der Waals surface area contributed by atoms with E-state index in [0.29, 0.717) is 12.3 Å². The standard InChI is InChI=1S/C11H13BrN2O/c1-11(2,13)6-10-14-8-5-7(12)3-4-9(8)15-10/h3-5H,6,13H2,1-2H3. The fourth-order valence-corrected chi connectivity index (χ4v) is 1.76. The van der Waals surface area contributed by atoms with Crippen LogP contribution in [0.5, 0.6) is 0 Å². The van der Waals surface area contributed by atoms with Crippen molar-refractivity contribution in [1.29, 1.82) is 0 Å². The second kappa shape index (κ2) is 3.61. The van der Waals surface area contributed by atoms with Crippen molar-refractivity contribution in [2.45, 2.75) is 25.8 Å². The van der Waals surface area contributed by atoms with Crippen molar-refractivity contribution in [3.63, 3.8) is 0 Å². The quantitative estimate of drug-likeness (QED) is 0.912. The molecule has 2 rings (SSSR count). The van der Waals surface area contributed by atoms with Gasteiger partial charge in [-0.3, -0.25) is 0 Å². The molecule has 0 aliphatic carbocycles. The molecule has 1 aromatic carbocycles. The largest absolute Gasteiger partial charge is 0.441 e.